The van der Waals surface area contributed by atoms with Gasteiger partial charge in [-0.15, -0.1) is 0 Å². The number of aliphatic hydroxyl groups is 1. The number of nitrogens with zero attached hydrogens (tertiary/aromatic N) is 1. The van der Waals surface area contributed by atoms with E-state index in [0.717, 1.165) is 24.5 Å². The molecule has 1 N–H and O–H groups in total. The molecule has 4 heteroatoms. The van der Waals surface area contributed by atoms with Crippen LogP contribution in [0, 0.1) is 5.41 Å². The Morgan fingerprint density at radius 1 is 1.48 bits per heavy atom. The molecule has 2 unspecified atom stereocenters. The number of hydrogen-bond donors (Lipinski definition) is 1. The van der Waals surface area contributed by atoms with Crippen LogP contribution in [0.25, 0.3) is 0 Å². The molecule has 0 radical (unpaired) electrons. The van der Waals surface area contributed by atoms with Gasteiger partial charge in [0.15, 0.2) is 11.5 Å². The first-order chi connectivity index (χ1) is 10.1. The standard InChI is InChI=1S/C17H23NO3/c1-12-16-14(20-3)5-4-9-18(2)10-8-17(12)7-6-13(19)11-15(17)21-16/h4-7,9,13,15,19H,8,10-11H2,1-3H3/b9-4+,14-5+/t13?,15?,17-/m1/s1. The number of methoxy groups -OCH3 is 1. The molecule has 4 nitrogen and oxygen atoms in total. The Balaban J connectivity index is 2.09. The third-order valence-electron chi connectivity index (χ3n) is 4.85. The van der Waals surface area contributed by atoms with Crippen molar-refractivity contribution in [3.63, 3.8) is 0 Å². The summed E-state index contributed by atoms with van der Waals surface area (Å²) in [7, 11) is 3.74. The summed E-state index contributed by atoms with van der Waals surface area (Å²) in [5, 5.41) is 9.93. The zero-order valence-electron chi connectivity index (χ0n) is 12.9. The summed E-state index contributed by atoms with van der Waals surface area (Å²) in [6.45, 7) is 3.06. The monoisotopic (exact) mass is 289 g/mol. The van der Waals surface area contributed by atoms with E-state index in [1.165, 1.54) is 5.57 Å². The molecule has 0 amide bonds. The number of rotatable bonds is 1. The van der Waals surface area contributed by atoms with E-state index >= 15 is 0 Å². The van der Waals surface area contributed by atoms with E-state index in [2.05, 4.69) is 24.9 Å². The first-order valence-electron chi connectivity index (χ1n) is 7.45. The third-order valence-corrected chi connectivity index (χ3v) is 4.85. The van der Waals surface area contributed by atoms with E-state index in [4.69, 9.17) is 9.47 Å². The number of aliphatic hydroxyl groups excluding tert-OH is 1. The smallest absolute Gasteiger partial charge is 0.161 e. The molecular weight excluding hydrogens is 266 g/mol. The predicted molar refractivity (Wildman–Crippen MR) is 81.2 cm³/mol. The van der Waals surface area contributed by atoms with Crippen molar-refractivity contribution in [1.29, 1.82) is 0 Å². The zero-order chi connectivity index (χ0) is 15.0. The van der Waals surface area contributed by atoms with Crippen LogP contribution in [0.2, 0.25) is 0 Å². The highest BCUT2D eigenvalue weighted by Crippen LogP contribution is 2.51. The Bertz CT molecular complexity index is 546. The molecule has 114 valence electrons. The van der Waals surface area contributed by atoms with Crippen molar-refractivity contribution >= 4 is 0 Å². The number of allylic oxidation sites excluding steroid dienone is 2. The van der Waals surface area contributed by atoms with Crippen LogP contribution in [0.1, 0.15) is 19.8 Å². The van der Waals surface area contributed by atoms with Crippen LogP contribution in [-0.4, -0.2) is 42.9 Å². The molecule has 1 spiro atoms. The van der Waals surface area contributed by atoms with Gasteiger partial charge in [-0.05, 0) is 37.3 Å². The Morgan fingerprint density at radius 3 is 3.05 bits per heavy atom. The Hall–Kier alpha value is -1.68. The lowest BCUT2D eigenvalue weighted by Crippen LogP contribution is -2.39. The van der Waals surface area contributed by atoms with E-state index in [9.17, 15) is 5.11 Å². The fraction of sp³-hybridized carbons (Fsp3) is 0.529. The summed E-state index contributed by atoms with van der Waals surface area (Å²) < 4.78 is 11.7. The van der Waals surface area contributed by atoms with Crippen molar-refractivity contribution in [3.05, 3.63) is 47.6 Å². The van der Waals surface area contributed by atoms with Gasteiger partial charge in [0.05, 0.1) is 18.6 Å². The van der Waals surface area contributed by atoms with Crippen molar-refractivity contribution in [2.24, 2.45) is 5.41 Å². The molecule has 0 aromatic heterocycles. The molecule has 21 heavy (non-hydrogen) atoms. The highest BCUT2D eigenvalue weighted by Gasteiger charge is 2.50. The maximum atomic E-state index is 9.93. The minimum atomic E-state index is -0.425. The molecule has 0 fully saturated rings. The van der Waals surface area contributed by atoms with Gasteiger partial charge in [-0.3, -0.25) is 0 Å². The molecule has 0 aromatic carbocycles. The summed E-state index contributed by atoms with van der Waals surface area (Å²) in [6, 6.07) is 0. The second-order valence-corrected chi connectivity index (χ2v) is 6.07. The summed E-state index contributed by atoms with van der Waals surface area (Å²) >= 11 is 0. The van der Waals surface area contributed by atoms with Crippen molar-refractivity contribution in [2.45, 2.75) is 32.0 Å². The second kappa shape index (κ2) is 5.26. The molecule has 2 aliphatic heterocycles. The molecule has 3 atom stereocenters. The molecule has 3 aliphatic rings. The van der Waals surface area contributed by atoms with Crippen LogP contribution in [0.5, 0.6) is 0 Å². The molecule has 3 rings (SSSR count). The predicted octanol–water partition coefficient (Wildman–Crippen LogP) is 2.35. The summed E-state index contributed by atoms with van der Waals surface area (Å²) in [6.07, 6.45) is 11.2. The van der Waals surface area contributed by atoms with Gasteiger partial charge >= 0.3 is 0 Å². The van der Waals surface area contributed by atoms with Crippen LogP contribution < -0.4 is 0 Å². The van der Waals surface area contributed by atoms with Crippen molar-refractivity contribution in [1.82, 2.24) is 4.90 Å². The van der Waals surface area contributed by atoms with Gasteiger partial charge in [-0.2, -0.15) is 0 Å². The van der Waals surface area contributed by atoms with Crippen LogP contribution in [0.3, 0.4) is 0 Å². The Morgan fingerprint density at radius 2 is 2.29 bits per heavy atom. The summed E-state index contributed by atoms with van der Waals surface area (Å²) in [5.74, 6) is 1.58. The van der Waals surface area contributed by atoms with Gasteiger partial charge in [0.25, 0.3) is 0 Å². The third kappa shape index (κ3) is 2.27. The highest BCUT2D eigenvalue weighted by molar-refractivity contribution is 5.41. The van der Waals surface area contributed by atoms with E-state index in [0.29, 0.717) is 6.42 Å². The molecule has 2 bridgehead atoms. The van der Waals surface area contributed by atoms with Crippen LogP contribution >= 0.6 is 0 Å². The average molecular weight is 289 g/mol. The van der Waals surface area contributed by atoms with Gasteiger partial charge in [0.2, 0.25) is 0 Å². The van der Waals surface area contributed by atoms with Crippen LogP contribution in [0.4, 0.5) is 0 Å². The molecule has 0 aromatic rings. The van der Waals surface area contributed by atoms with Gasteiger partial charge in [0.1, 0.15) is 6.10 Å². The van der Waals surface area contributed by atoms with Crippen LogP contribution in [0.15, 0.2) is 47.6 Å². The second-order valence-electron chi connectivity index (χ2n) is 6.07. The lowest BCUT2D eigenvalue weighted by Gasteiger charge is -2.37. The minimum Gasteiger partial charge on any atom is -0.493 e. The molecule has 0 saturated carbocycles. The maximum Gasteiger partial charge on any atom is 0.161 e. The van der Waals surface area contributed by atoms with Crippen molar-refractivity contribution in [3.8, 4) is 0 Å². The largest absolute Gasteiger partial charge is 0.493 e. The fourth-order valence-electron chi connectivity index (χ4n) is 3.48. The van der Waals surface area contributed by atoms with Gasteiger partial charge < -0.3 is 19.5 Å². The highest BCUT2D eigenvalue weighted by atomic mass is 16.5. The number of ether oxygens (including phenoxy) is 2. The lowest BCUT2D eigenvalue weighted by atomic mass is 9.69. The summed E-state index contributed by atoms with van der Waals surface area (Å²) in [5.41, 5.74) is 1.07. The molecule has 1 aliphatic carbocycles. The zero-order valence-corrected chi connectivity index (χ0v) is 12.9. The maximum absolute atomic E-state index is 9.93. The lowest BCUT2D eigenvalue weighted by molar-refractivity contribution is 0.0232. The topological polar surface area (TPSA) is 41.9 Å². The molecular formula is C17H23NO3. The van der Waals surface area contributed by atoms with E-state index in [-0.39, 0.29) is 11.5 Å². The van der Waals surface area contributed by atoms with E-state index in [1.807, 2.05) is 24.4 Å². The normalized spacial score (nSPS) is 39.2. The van der Waals surface area contributed by atoms with Crippen molar-refractivity contribution in [2.75, 3.05) is 20.7 Å². The molecule has 2 heterocycles. The SMILES string of the molecule is CO/C1=C/C=C/N(C)CC[C@@]23C=CC(O)CC2OC1=C3C. The van der Waals surface area contributed by atoms with E-state index < -0.39 is 6.10 Å². The summed E-state index contributed by atoms with van der Waals surface area (Å²) in [4.78, 5) is 2.17. The quantitative estimate of drug-likeness (QED) is 0.752. The average Bonchev–Trinajstić information content (AvgIpc) is 2.73. The van der Waals surface area contributed by atoms with Gasteiger partial charge in [0, 0.05) is 20.0 Å². The Labute approximate surface area is 126 Å². The van der Waals surface area contributed by atoms with Gasteiger partial charge in [-0.25, -0.2) is 0 Å². The molecule has 0 saturated heterocycles. The van der Waals surface area contributed by atoms with Gasteiger partial charge in [-0.1, -0.05) is 12.2 Å². The van der Waals surface area contributed by atoms with Crippen LogP contribution in [-0.2, 0) is 9.47 Å². The van der Waals surface area contributed by atoms with E-state index in [1.54, 1.807) is 7.11 Å². The first-order valence-corrected chi connectivity index (χ1v) is 7.45. The fourth-order valence-corrected chi connectivity index (χ4v) is 3.48. The number of hydrogen-bond acceptors (Lipinski definition) is 4. The first kappa shape index (κ1) is 14.3. The van der Waals surface area contributed by atoms with Crippen molar-refractivity contribution < 1.29 is 14.6 Å². The Kier molecular flexibility index (Phi) is 3.57. The minimum absolute atomic E-state index is 0.0162.